The second-order valence-corrected chi connectivity index (χ2v) is 8.85. The van der Waals surface area contributed by atoms with Crippen molar-refractivity contribution in [1.29, 1.82) is 0 Å². The fraction of sp³-hybridized carbons (Fsp3) is 0.391. The molecule has 7 nitrogen and oxygen atoms in total. The molecule has 0 unspecified atom stereocenters. The van der Waals surface area contributed by atoms with Crippen molar-refractivity contribution in [2.75, 3.05) is 18.0 Å². The first-order chi connectivity index (χ1) is 15.4. The lowest BCUT2D eigenvalue weighted by molar-refractivity contribution is 0.0135. The van der Waals surface area contributed by atoms with Crippen LogP contribution in [0.4, 0.5) is 14.6 Å². The predicted octanol–water partition coefficient (Wildman–Crippen LogP) is 4.13. The Morgan fingerprint density at radius 3 is 2.75 bits per heavy atom. The van der Waals surface area contributed by atoms with Crippen molar-refractivity contribution < 1.29 is 13.9 Å². The minimum atomic E-state index is -3.01. The number of nitrogens with one attached hydrogen (secondary N) is 1. The largest absolute Gasteiger partial charge is 0.391 e. The molecule has 0 spiro atoms. The second kappa shape index (κ2) is 6.90. The van der Waals surface area contributed by atoms with Gasteiger partial charge in [-0.15, -0.1) is 0 Å². The van der Waals surface area contributed by atoms with Crippen LogP contribution < -0.4 is 4.90 Å². The number of β-amino-alcohol motifs (C(OH)–C–C–N with tert-alkyl or cyclic N) is 1. The highest BCUT2D eigenvalue weighted by molar-refractivity contribution is 5.97. The van der Waals surface area contributed by atoms with E-state index in [-0.39, 0.29) is 5.69 Å². The molecule has 0 aromatic carbocycles. The zero-order chi connectivity index (χ0) is 22.0. The van der Waals surface area contributed by atoms with Crippen molar-refractivity contribution in [3.05, 3.63) is 42.0 Å². The lowest BCUT2D eigenvalue weighted by Gasteiger charge is -2.21. The Morgan fingerprint density at radius 2 is 2.03 bits per heavy atom. The summed E-state index contributed by atoms with van der Waals surface area (Å²) in [6.45, 7) is 2.05. The van der Waals surface area contributed by atoms with Crippen molar-refractivity contribution >= 4 is 27.8 Å². The van der Waals surface area contributed by atoms with Gasteiger partial charge in [0.1, 0.15) is 11.5 Å². The van der Waals surface area contributed by atoms with Crippen LogP contribution in [-0.2, 0) is 5.92 Å². The number of aliphatic hydroxyl groups is 1. The Morgan fingerprint density at radius 1 is 1.19 bits per heavy atom. The number of aromatic amines is 1. The molecule has 0 bridgehead atoms. The molecule has 1 saturated heterocycles. The van der Waals surface area contributed by atoms with Gasteiger partial charge in [-0.3, -0.25) is 4.98 Å². The summed E-state index contributed by atoms with van der Waals surface area (Å²) < 4.78 is 27.9. The van der Waals surface area contributed by atoms with Crippen LogP contribution in [0, 0.1) is 0 Å². The lowest BCUT2D eigenvalue weighted by Crippen LogP contribution is -2.23. The summed E-state index contributed by atoms with van der Waals surface area (Å²) in [6.07, 6.45) is 7.70. The van der Waals surface area contributed by atoms with E-state index in [0.717, 1.165) is 42.0 Å². The van der Waals surface area contributed by atoms with Crippen molar-refractivity contribution in [3.8, 4) is 11.4 Å². The van der Waals surface area contributed by atoms with Crippen LogP contribution in [0.25, 0.3) is 33.3 Å². The number of pyridine rings is 2. The number of hydrogen-bond donors (Lipinski definition) is 2. The minimum Gasteiger partial charge on any atom is -0.391 e. The minimum absolute atomic E-state index is 0.200. The molecule has 0 amide bonds. The molecule has 6 rings (SSSR count). The number of aliphatic hydroxyl groups excluding tert-OH is 1. The van der Waals surface area contributed by atoms with Gasteiger partial charge < -0.3 is 15.0 Å². The first-order valence-electron chi connectivity index (χ1n) is 10.8. The Balaban J connectivity index is 1.59. The van der Waals surface area contributed by atoms with Gasteiger partial charge in [0, 0.05) is 48.7 Å². The molecule has 4 aromatic rings. The molecule has 2 N–H and O–H groups in total. The van der Waals surface area contributed by atoms with E-state index in [1.165, 1.54) is 6.07 Å². The number of alkyl halides is 2. The fourth-order valence-corrected chi connectivity index (χ4v) is 4.53. The van der Waals surface area contributed by atoms with Crippen LogP contribution in [0.1, 0.15) is 43.4 Å². The standard InChI is InChI=1S/C23H22F2N6O/c1-23(24,25)18-8-15-14(4-6-27-20(15)29-18)21-28-17-10-26-9-16(12-2-3-12)19(17)22(30-21)31-7-5-13(32)11-31/h4,6,8-10,12-13,32H,2-3,5,7,11H2,1H3,(H,27,29)/t13-/m1/s1. The van der Waals surface area contributed by atoms with E-state index in [1.54, 1.807) is 18.5 Å². The van der Waals surface area contributed by atoms with E-state index in [9.17, 15) is 13.9 Å². The van der Waals surface area contributed by atoms with Gasteiger partial charge in [0.2, 0.25) is 0 Å². The number of rotatable bonds is 4. The van der Waals surface area contributed by atoms with Gasteiger partial charge in [-0.2, -0.15) is 0 Å². The van der Waals surface area contributed by atoms with Gasteiger partial charge in [-0.25, -0.2) is 23.7 Å². The highest BCUT2D eigenvalue weighted by atomic mass is 19.3. The smallest absolute Gasteiger partial charge is 0.284 e. The summed E-state index contributed by atoms with van der Waals surface area (Å²) >= 11 is 0. The summed E-state index contributed by atoms with van der Waals surface area (Å²) in [7, 11) is 0. The molecule has 1 atom stereocenters. The van der Waals surface area contributed by atoms with E-state index >= 15 is 0 Å². The summed E-state index contributed by atoms with van der Waals surface area (Å²) in [5, 5.41) is 11.7. The molecule has 0 radical (unpaired) electrons. The Labute approximate surface area is 182 Å². The number of hydrogen-bond acceptors (Lipinski definition) is 6. The van der Waals surface area contributed by atoms with Crippen LogP contribution >= 0.6 is 0 Å². The summed E-state index contributed by atoms with van der Waals surface area (Å²) in [5.41, 5.74) is 2.65. The van der Waals surface area contributed by atoms with Crippen molar-refractivity contribution in [1.82, 2.24) is 24.9 Å². The average Bonchev–Trinajstić information content (AvgIpc) is 3.35. The Hall–Kier alpha value is -3.20. The molecule has 5 heterocycles. The first-order valence-corrected chi connectivity index (χ1v) is 10.8. The maximum absolute atomic E-state index is 13.9. The van der Waals surface area contributed by atoms with Crippen LogP contribution in [0.2, 0.25) is 0 Å². The van der Waals surface area contributed by atoms with Gasteiger partial charge in [0.05, 0.1) is 23.5 Å². The molecule has 2 aliphatic rings. The predicted molar refractivity (Wildman–Crippen MR) is 117 cm³/mol. The maximum Gasteiger partial charge on any atom is 0.284 e. The average molecular weight is 436 g/mol. The number of nitrogens with zero attached hydrogens (tertiary/aromatic N) is 5. The summed E-state index contributed by atoms with van der Waals surface area (Å²) in [5.74, 6) is -1.35. The third-order valence-electron chi connectivity index (χ3n) is 6.34. The van der Waals surface area contributed by atoms with Crippen LogP contribution in [0.15, 0.2) is 30.7 Å². The van der Waals surface area contributed by atoms with Crippen molar-refractivity contribution in [3.63, 3.8) is 0 Å². The fourth-order valence-electron chi connectivity index (χ4n) is 4.53. The third kappa shape index (κ3) is 3.19. The van der Waals surface area contributed by atoms with Crippen LogP contribution in [-0.4, -0.2) is 49.2 Å². The van der Waals surface area contributed by atoms with Gasteiger partial charge in [-0.1, -0.05) is 0 Å². The van der Waals surface area contributed by atoms with Crippen LogP contribution in [0.5, 0.6) is 0 Å². The molecular formula is C23H22F2N6O. The van der Waals surface area contributed by atoms with Gasteiger partial charge in [0.15, 0.2) is 5.82 Å². The topological polar surface area (TPSA) is 90.8 Å². The monoisotopic (exact) mass is 436 g/mol. The number of H-pyrrole nitrogens is 1. The van der Waals surface area contributed by atoms with E-state index in [2.05, 4.69) is 19.9 Å². The molecule has 1 saturated carbocycles. The van der Waals surface area contributed by atoms with Crippen molar-refractivity contribution in [2.45, 2.75) is 44.1 Å². The number of anilines is 1. The molecule has 164 valence electrons. The third-order valence-corrected chi connectivity index (χ3v) is 6.34. The van der Waals surface area contributed by atoms with E-state index in [1.807, 2.05) is 6.20 Å². The van der Waals surface area contributed by atoms with E-state index in [4.69, 9.17) is 9.97 Å². The van der Waals surface area contributed by atoms with E-state index in [0.29, 0.717) is 47.8 Å². The van der Waals surface area contributed by atoms with Crippen molar-refractivity contribution in [2.24, 2.45) is 0 Å². The summed E-state index contributed by atoms with van der Waals surface area (Å²) in [6, 6.07) is 3.17. The molecule has 4 aromatic heterocycles. The molecule has 2 fully saturated rings. The van der Waals surface area contributed by atoms with Gasteiger partial charge >= 0.3 is 0 Å². The molecular weight excluding hydrogens is 414 g/mol. The Kier molecular flexibility index (Phi) is 4.20. The lowest BCUT2D eigenvalue weighted by atomic mass is 10.1. The second-order valence-electron chi connectivity index (χ2n) is 8.85. The maximum atomic E-state index is 13.9. The normalized spacial score (nSPS) is 19.4. The number of aromatic nitrogens is 5. The van der Waals surface area contributed by atoms with Crippen LogP contribution in [0.3, 0.4) is 0 Å². The zero-order valence-corrected chi connectivity index (χ0v) is 17.5. The molecule has 1 aliphatic heterocycles. The highest BCUT2D eigenvalue weighted by Crippen LogP contribution is 2.45. The van der Waals surface area contributed by atoms with Gasteiger partial charge in [-0.05, 0) is 42.9 Å². The Bertz CT molecular complexity index is 1340. The quantitative estimate of drug-likeness (QED) is 0.500. The SMILES string of the molecule is CC(F)(F)c1cc2c(-c3nc(N4CC[C@@H](O)C4)c4c(C5CC5)cncc4n3)ccnc2[nH]1. The molecule has 9 heteroatoms. The van der Waals surface area contributed by atoms with E-state index < -0.39 is 12.0 Å². The van der Waals surface area contributed by atoms with Gasteiger partial charge in [0.25, 0.3) is 5.92 Å². The molecule has 1 aliphatic carbocycles. The first kappa shape index (κ1) is 19.5. The molecule has 32 heavy (non-hydrogen) atoms. The summed E-state index contributed by atoms with van der Waals surface area (Å²) in [4.78, 5) is 23.2. The number of halogens is 2. The zero-order valence-electron chi connectivity index (χ0n) is 17.5. The number of fused-ring (bicyclic) bond motifs is 2. The highest BCUT2D eigenvalue weighted by Gasteiger charge is 2.31.